The smallest absolute Gasteiger partial charge is 0.258 e. The second-order valence-electron chi connectivity index (χ2n) is 6.15. The Morgan fingerprint density at radius 3 is 2.91 bits per heavy atom. The molecule has 3 rings (SSSR count). The van der Waals surface area contributed by atoms with Gasteiger partial charge in [-0.25, -0.2) is 4.98 Å². The quantitative estimate of drug-likeness (QED) is 0.892. The molecule has 0 aromatic carbocycles. The van der Waals surface area contributed by atoms with E-state index in [0.29, 0.717) is 18.3 Å². The van der Waals surface area contributed by atoms with Crippen molar-refractivity contribution in [1.82, 2.24) is 9.55 Å². The van der Waals surface area contributed by atoms with Crippen LogP contribution in [0.2, 0.25) is 0 Å². The number of anilines is 1. The van der Waals surface area contributed by atoms with E-state index in [1.54, 1.807) is 13.3 Å². The van der Waals surface area contributed by atoms with Gasteiger partial charge in [-0.05, 0) is 55.9 Å². The maximum atomic E-state index is 12.6. The maximum Gasteiger partial charge on any atom is 0.258 e. The summed E-state index contributed by atoms with van der Waals surface area (Å²) in [6, 6.07) is 5.86. The van der Waals surface area contributed by atoms with Crippen molar-refractivity contribution < 1.29 is 9.53 Å². The van der Waals surface area contributed by atoms with Crippen molar-refractivity contribution in [3.63, 3.8) is 0 Å². The van der Waals surface area contributed by atoms with E-state index in [2.05, 4.69) is 14.9 Å². The van der Waals surface area contributed by atoms with Crippen molar-refractivity contribution >= 4 is 11.7 Å². The van der Waals surface area contributed by atoms with Gasteiger partial charge in [0.05, 0.1) is 12.2 Å². The van der Waals surface area contributed by atoms with Gasteiger partial charge in [0.2, 0.25) is 0 Å². The summed E-state index contributed by atoms with van der Waals surface area (Å²) in [7, 11) is 3.71. The van der Waals surface area contributed by atoms with Gasteiger partial charge in [-0.2, -0.15) is 0 Å². The summed E-state index contributed by atoms with van der Waals surface area (Å²) in [6.45, 7) is 2.64. The molecule has 1 amide bonds. The lowest BCUT2D eigenvalue weighted by Crippen LogP contribution is -2.14. The monoisotopic (exact) mass is 313 g/mol. The molecule has 1 aliphatic rings. The number of carbonyl (C=O) groups is 1. The van der Waals surface area contributed by atoms with E-state index in [4.69, 9.17) is 4.74 Å². The molecule has 0 atom stereocenters. The Bertz CT molecular complexity index is 717. The molecule has 5 nitrogen and oxygen atoms in total. The highest BCUT2D eigenvalue weighted by Crippen LogP contribution is 2.41. The molecule has 2 heterocycles. The van der Waals surface area contributed by atoms with Gasteiger partial charge in [-0.15, -0.1) is 0 Å². The molecule has 0 radical (unpaired) electrons. The molecule has 1 aliphatic carbocycles. The third-order valence-electron chi connectivity index (χ3n) is 4.47. The summed E-state index contributed by atoms with van der Waals surface area (Å²) in [5.41, 5.74) is 4.09. The second-order valence-corrected chi connectivity index (χ2v) is 6.15. The maximum absolute atomic E-state index is 12.6. The molecule has 23 heavy (non-hydrogen) atoms. The first kappa shape index (κ1) is 15.7. The van der Waals surface area contributed by atoms with Gasteiger partial charge in [0.25, 0.3) is 5.91 Å². The number of hydrogen-bond donors (Lipinski definition) is 1. The van der Waals surface area contributed by atoms with Gasteiger partial charge >= 0.3 is 0 Å². The molecule has 2 aromatic heterocycles. The Morgan fingerprint density at radius 2 is 2.22 bits per heavy atom. The standard InChI is InChI=1S/C18H23N3O2/c1-12-15(11-16(21(12)2)14-4-5-14)18(22)20-17-10-13(6-8-19-17)7-9-23-3/h6,8,10-11,14H,4-5,7,9H2,1-3H3,(H,19,20,22). The lowest BCUT2D eigenvalue weighted by atomic mass is 10.2. The molecule has 5 heteroatoms. The van der Waals surface area contributed by atoms with E-state index in [-0.39, 0.29) is 5.91 Å². The van der Waals surface area contributed by atoms with Crippen LogP contribution in [0.15, 0.2) is 24.4 Å². The number of pyridine rings is 1. The summed E-state index contributed by atoms with van der Waals surface area (Å²) in [5, 5.41) is 2.91. The van der Waals surface area contributed by atoms with Crippen LogP contribution in [0.25, 0.3) is 0 Å². The zero-order valence-corrected chi connectivity index (χ0v) is 13.9. The normalized spacial score (nSPS) is 14.0. The number of nitrogens with zero attached hydrogens (tertiary/aromatic N) is 2. The third-order valence-corrected chi connectivity index (χ3v) is 4.47. The Balaban J connectivity index is 1.75. The summed E-state index contributed by atoms with van der Waals surface area (Å²) in [4.78, 5) is 16.8. The summed E-state index contributed by atoms with van der Waals surface area (Å²) >= 11 is 0. The Kier molecular flexibility index (Phi) is 4.48. The van der Waals surface area contributed by atoms with Crippen LogP contribution in [-0.2, 0) is 18.2 Å². The number of rotatable bonds is 6. The van der Waals surface area contributed by atoms with Crippen LogP contribution in [0.1, 0.15) is 46.1 Å². The number of aromatic nitrogens is 2. The van der Waals surface area contributed by atoms with Crippen molar-refractivity contribution in [2.24, 2.45) is 7.05 Å². The zero-order valence-electron chi connectivity index (χ0n) is 13.9. The molecular formula is C18H23N3O2. The van der Waals surface area contributed by atoms with E-state index in [1.807, 2.05) is 32.2 Å². The van der Waals surface area contributed by atoms with Gasteiger partial charge in [0.15, 0.2) is 0 Å². The predicted molar refractivity (Wildman–Crippen MR) is 89.9 cm³/mol. The molecule has 2 aromatic rings. The van der Waals surface area contributed by atoms with E-state index >= 15 is 0 Å². The van der Waals surface area contributed by atoms with Crippen molar-refractivity contribution in [2.45, 2.75) is 32.1 Å². The van der Waals surface area contributed by atoms with Crippen LogP contribution in [0.3, 0.4) is 0 Å². The minimum absolute atomic E-state index is 0.0959. The fraction of sp³-hybridized carbons (Fsp3) is 0.444. The largest absolute Gasteiger partial charge is 0.384 e. The number of hydrogen-bond acceptors (Lipinski definition) is 3. The van der Waals surface area contributed by atoms with Crippen molar-refractivity contribution in [3.8, 4) is 0 Å². The number of ether oxygens (including phenoxy) is 1. The fourth-order valence-electron chi connectivity index (χ4n) is 2.83. The first-order chi connectivity index (χ1) is 11.1. The Labute approximate surface area is 136 Å². The minimum atomic E-state index is -0.0959. The molecule has 1 saturated carbocycles. The van der Waals surface area contributed by atoms with Crippen LogP contribution in [0.5, 0.6) is 0 Å². The SMILES string of the molecule is COCCc1ccnc(NC(=O)c2cc(C3CC3)n(C)c2C)c1. The molecule has 0 unspecified atom stereocenters. The molecule has 0 aliphatic heterocycles. The third kappa shape index (κ3) is 3.45. The highest BCUT2D eigenvalue weighted by molar-refractivity contribution is 6.04. The van der Waals surface area contributed by atoms with Crippen LogP contribution in [0, 0.1) is 6.92 Å². The van der Waals surface area contributed by atoms with E-state index < -0.39 is 0 Å². The van der Waals surface area contributed by atoms with Crippen LogP contribution in [-0.4, -0.2) is 29.2 Å². The van der Waals surface area contributed by atoms with E-state index in [0.717, 1.165) is 23.2 Å². The zero-order chi connectivity index (χ0) is 16.4. The van der Waals surface area contributed by atoms with Gasteiger partial charge in [-0.1, -0.05) is 0 Å². The van der Waals surface area contributed by atoms with E-state index in [9.17, 15) is 4.79 Å². The summed E-state index contributed by atoms with van der Waals surface area (Å²) < 4.78 is 7.22. The van der Waals surface area contributed by atoms with Gasteiger partial charge < -0.3 is 14.6 Å². The molecule has 1 fully saturated rings. The lowest BCUT2D eigenvalue weighted by Gasteiger charge is -2.07. The van der Waals surface area contributed by atoms with Crippen molar-refractivity contribution in [3.05, 3.63) is 46.9 Å². The van der Waals surface area contributed by atoms with Crippen LogP contribution in [0.4, 0.5) is 5.82 Å². The fourth-order valence-corrected chi connectivity index (χ4v) is 2.83. The van der Waals surface area contributed by atoms with Gasteiger partial charge in [0.1, 0.15) is 5.82 Å². The number of carbonyl (C=O) groups excluding carboxylic acids is 1. The Morgan fingerprint density at radius 1 is 1.43 bits per heavy atom. The van der Waals surface area contributed by atoms with Gasteiger partial charge in [-0.3, -0.25) is 4.79 Å². The Hall–Kier alpha value is -2.14. The highest BCUT2D eigenvalue weighted by Gasteiger charge is 2.28. The predicted octanol–water partition coefficient (Wildman–Crippen LogP) is 3.05. The molecule has 0 spiro atoms. The first-order valence-corrected chi connectivity index (χ1v) is 8.01. The molecule has 122 valence electrons. The van der Waals surface area contributed by atoms with Crippen LogP contribution >= 0.6 is 0 Å². The highest BCUT2D eigenvalue weighted by atomic mass is 16.5. The average molecular weight is 313 g/mol. The minimum Gasteiger partial charge on any atom is -0.384 e. The summed E-state index contributed by atoms with van der Waals surface area (Å²) in [5.74, 6) is 1.11. The van der Waals surface area contributed by atoms with Gasteiger partial charge in [0, 0.05) is 31.7 Å². The summed E-state index contributed by atoms with van der Waals surface area (Å²) in [6.07, 6.45) is 4.97. The molecule has 0 saturated heterocycles. The lowest BCUT2D eigenvalue weighted by molar-refractivity contribution is 0.102. The number of amides is 1. The van der Waals surface area contributed by atoms with Crippen LogP contribution < -0.4 is 5.32 Å². The molecule has 0 bridgehead atoms. The molecule has 1 N–H and O–H groups in total. The van der Waals surface area contributed by atoms with Crippen molar-refractivity contribution in [1.29, 1.82) is 0 Å². The number of methoxy groups -OCH3 is 1. The average Bonchev–Trinajstić information content (AvgIpc) is 3.33. The van der Waals surface area contributed by atoms with Crippen molar-refractivity contribution in [2.75, 3.05) is 19.0 Å². The van der Waals surface area contributed by atoms with E-state index in [1.165, 1.54) is 18.5 Å². The first-order valence-electron chi connectivity index (χ1n) is 8.01. The number of nitrogens with one attached hydrogen (secondary N) is 1. The molecular weight excluding hydrogens is 290 g/mol. The topological polar surface area (TPSA) is 56.1 Å². The second kappa shape index (κ2) is 6.54.